The van der Waals surface area contributed by atoms with Gasteiger partial charge >= 0.3 is 0 Å². The smallest absolute Gasteiger partial charge is 0.266 e. The highest BCUT2D eigenvalue weighted by molar-refractivity contribution is 7.89. The summed E-state index contributed by atoms with van der Waals surface area (Å²) in [6, 6.07) is 14.3. The summed E-state index contributed by atoms with van der Waals surface area (Å²) in [5, 5.41) is 4.10. The largest absolute Gasteiger partial charge is 0.496 e. The van der Waals surface area contributed by atoms with Gasteiger partial charge in [-0.1, -0.05) is 35.0 Å². The van der Waals surface area contributed by atoms with Crippen molar-refractivity contribution < 1.29 is 22.8 Å². The van der Waals surface area contributed by atoms with E-state index in [4.69, 9.17) is 9.57 Å². The molecule has 1 amide bonds. The third kappa shape index (κ3) is 4.28. The Kier molecular flexibility index (Phi) is 5.97. The van der Waals surface area contributed by atoms with E-state index in [2.05, 4.69) is 5.16 Å². The van der Waals surface area contributed by atoms with Crippen LogP contribution in [0.15, 0.2) is 58.6 Å². The van der Waals surface area contributed by atoms with Crippen molar-refractivity contribution in [3.8, 4) is 5.75 Å². The first-order chi connectivity index (χ1) is 14.9. The van der Waals surface area contributed by atoms with E-state index in [9.17, 15) is 13.2 Å². The molecule has 31 heavy (non-hydrogen) atoms. The fourth-order valence-electron chi connectivity index (χ4n) is 3.76. The van der Waals surface area contributed by atoms with Gasteiger partial charge in [0.2, 0.25) is 16.1 Å². The van der Waals surface area contributed by atoms with Crippen LogP contribution in [-0.2, 0) is 19.7 Å². The molecule has 4 rings (SSSR count). The number of ether oxygens (including phenoxy) is 1. The lowest BCUT2D eigenvalue weighted by Gasteiger charge is -2.34. The topological polar surface area (TPSA) is 88.5 Å². The maximum Gasteiger partial charge on any atom is 0.266 e. The van der Waals surface area contributed by atoms with Gasteiger partial charge in [0.25, 0.3) is 5.91 Å². The Labute approximate surface area is 182 Å². The maximum absolute atomic E-state index is 12.9. The monoisotopic (exact) mass is 443 g/mol. The molecule has 0 aliphatic carbocycles. The van der Waals surface area contributed by atoms with Crippen LogP contribution in [0.4, 0.5) is 0 Å². The summed E-state index contributed by atoms with van der Waals surface area (Å²) >= 11 is 0. The molecule has 0 N–H and O–H groups in total. The van der Waals surface area contributed by atoms with Gasteiger partial charge in [0.15, 0.2) is 0 Å². The fourth-order valence-corrected chi connectivity index (χ4v) is 5.19. The van der Waals surface area contributed by atoms with Crippen LogP contribution < -0.4 is 4.74 Å². The number of hydrogen-bond donors (Lipinski definition) is 0. The summed E-state index contributed by atoms with van der Waals surface area (Å²) in [5.41, 5.74) is 2.46. The van der Waals surface area contributed by atoms with E-state index in [0.29, 0.717) is 31.0 Å². The summed E-state index contributed by atoms with van der Waals surface area (Å²) in [6.07, 6.45) is -0.360. The molecule has 1 atom stereocenters. The molecule has 1 fully saturated rings. The van der Waals surface area contributed by atoms with Gasteiger partial charge in [0.1, 0.15) is 5.75 Å². The van der Waals surface area contributed by atoms with Crippen LogP contribution in [0.2, 0.25) is 0 Å². The van der Waals surface area contributed by atoms with Gasteiger partial charge in [0.05, 0.1) is 17.7 Å². The van der Waals surface area contributed by atoms with Crippen LogP contribution in [0.1, 0.15) is 17.5 Å². The standard InChI is InChI=1S/C22H25N3O5S/c1-16-7-9-17(10-8-16)31(27,28)25-13-11-24(12-14-25)22(26)21-15-19(23-30-21)18-5-3-4-6-20(18)29-2/h3-10,21H,11-15H2,1-2H3. The average Bonchev–Trinajstić information content (AvgIpc) is 3.29. The number of para-hydroxylation sites is 1. The summed E-state index contributed by atoms with van der Waals surface area (Å²) in [4.78, 5) is 20.3. The second-order valence-corrected chi connectivity index (χ2v) is 9.52. The maximum atomic E-state index is 12.9. The first-order valence-electron chi connectivity index (χ1n) is 10.1. The Hall–Kier alpha value is -2.91. The lowest BCUT2D eigenvalue weighted by atomic mass is 10.0. The quantitative estimate of drug-likeness (QED) is 0.706. The third-order valence-corrected chi connectivity index (χ3v) is 7.48. The Morgan fingerprint density at radius 2 is 1.74 bits per heavy atom. The van der Waals surface area contributed by atoms with Gasteiger partial charge in [-0.05, 0) is 31.2 Å². The molecule has 8 nitrogen and oxygen atoms in total. The highest BCUT2D eigenvalue weighted by atomic mass is 32.2. The number of methoxy groups -OCH3 is 1. The van der Waals surface area contributed by atoms with E-state index >= 15 is 0 Å². The lowest BCUT2D eigenvalue weighted by molar-refractivity contribution is -0.143. The van der Waals surface area contributed by atoms with Crippen LogP contribution in [0.3, 0.4) is 0 Å². The van der Waals surface area contributed by atoms with Crippen molar-refractivity contribution >= 4 is 21.6 Å². The van der Waals surface area contributed by atoms with Gasteiger partial charge in [-0.2, -0.15) is 4.31 Å². The molecule has 2 aromatic rings. The van der Waals surface area contributed by atoms with Gasteiger partial charge < -0.3 is 14.5 Å². The van der Waals surface area contributed by atoms with Crippen LogP contribution in [0.25, 0.3) is 0 Å². The highest BCUT2D eigenvalue weighted by Gasteiger charge is 2.36. The predicted octanol–water partition coefficient (Wildman–Crippen LogP) is 2.03. The summed E-state index contributed by atoms with van der Waals surface area (Å²) in [6.45, 7) is 3.03. The number of carbonyl (C=O) groups excluding carboxylic acids is 1. The molecule has 2 aliphatic rings. The van der Waals surface area contributed by atoms with Crippen LogP contribution >= 0.6 is 0 Å². The van der Waals surface area contributed by atoms with Crippen molar-refractivity contribution in [2.75, 3.05) is 33.3 Å². The van der Waals surface area contributed by atoms with E-state index in [0.717, 1.165) is 11.1 Å². The molecular formula is C22H25N3O5S. The van der Waals surface area contributed by atoms with Gasteiger partial charge in [-0.25, -0.2) is 8.42 Å². The first-order valence-corrected chi connectivity index (χ1v) is 11.6. The Morgan fingerprint density at radius 1 is 1.06 bits per heavy atom. The van der Waals surface area contributed by atoms with E-state index in [1.165, 1.54) is 4.31 Å². The SMILES string of the molecule is COc1ccccc1C1=NOC(C(=O)N2CCN(S(=O)(=O)c3ccc(C)cc3)CC2)C1. The van der Waals surface area contributed by atoms with E-state index < -0.39 is 16.1 Å². The normalized spacial score (nSPS) is 19.6. The molecule has 0 radical (unpaired) electrons. The zero-order valence-electron chi connectivity index (χ0n) is 17.5. The van der Waals surface area contributed by atoms with Crippen molar-refractivity contribution in [1.82, 2.24) is 9.21 Å². The van der Waals surface area contributed by atoms with Crippen molar-refractivity contribution in [2.45, 2.75) is 24.3 Å². The molecule has 2 heterocycles. The minimum absolute atomic E-state index is 0.180. The number of nitrogens with zero attached hydrogens (tertiary/aromatic N) is 3. The second kappa shape index (κ2) is 8.68. The molecule has 0 saturated carbocycles. The summed E-state index contributed by atoms with van der Waals surface area (Å²) in [7, 11) is -1.99. The summed E-state index contributed by atoms with van der Waals surface area (Å²) < 4.78 is 32.5. The van der Waals surface area contributed by atoms with Gasteiger partial charge in [-0.3, -0.25) is 4.79 Å². The van der Waals surface area contributed by atoms with Crippen LogP contribution in [0.5, 0.6) is 5.75 Å². The molecular weight excluding hydrogens is 418 g/mol. The Bertz CT molecular complexity index is 1090. The van der Waals surface area contributed by atoms with E-state index in [1.807, 2.05) is 31.2 Å². The van der Waals surface area contributed by atoms with Crippen molar-refractivity contribution in [2.24, 2.45) is 5.16 Å². The number of piperazine rings is 1. The van der Waals surface area contributed by atoms with E-state index in [-0.39, 0.29) is 23.9 Å². The zero-order chi connectivity index (χ0) is 22.0. The molecule has 2 aliphatic heterocycles. The molecule has 1 saturated heterocycles. The molecule has 0 spiro atoms. The molecule has 9 heteroatoms. The van der Waals surface area contributed by atoms with Gasteiger partial charge in [-0.15, -0.1) is 0 Å². The minimum Gasteiger partial charge on any atom is -0.496 e. The molecule has 164 valence electrons. The summed E-state index contributed by atoms with van der Waals surface area (Å²) in [5.74, 6) is 0.494. The number of carbonyl (C=O) groups is 1. The number of amides is 1. The molecule has 0 bridgehead atoms. The third-order valence-electron chi connectivity index (χ3n) is 5.57. The lowest BCUT2D eigenvalue weighted by Crippen LogP contribution is -2.52. The van der Waals surface area contributed by atoms with Crippen LogP contribution in [-0.4, -0.2) is 68.6 Å². The first kappa shape index (κ1) is 21.3. The zero-order valence-corrected chi connectivity index (χ0v) is 18.3. The molecule has 2 aromatic carbocycles. The number of hydrogen-bond acceptors (Lipinski definition) is 6. The number of aryl methyl sites for hydroxylation is 1. The number of benzene rings is 2. The van der Waals surface area contributed by atoms with E-state index in [1.54, 1.807) is 36.3 Å². The number of sulfonamides is 1. The number of rotatable bonds is 5. The second-order valence-electron chi connectivity index (χ2n) is 7.58. The molecule has 1 unspecified atom stereocenters. The Morgan fingerprint density at radius 3 is 2.42 bits per heavy atom. The van der Waals surface area contributed by atoms with Crippen molar-refractivity contribution in [1.29, 1.82) is 0 Å². The molecule has 0 aromatic heterocycles. The van der Waals surface area contributed by atoms with Crippen molar-refractivity contribution in [3.05, 3.63) is 59.7 Å². The van der Waals surface area contributed by atoms with Crippen molar-refractivity contribution in [3.63, 3.8) is 0 Å². The average molecular weight is 444 g/mol. The highest BCUT2D eigenvalue weighted by Crippen LogP contribution is 2.26. The Balaban J connectivity index is 1.36. The number of oxime groups is 1. The van der Waals surface area contributed by atoms with Gasteiger partial charge in [0, 0.05) is 38.2 Å². The fraction of sp³-hybridized carbons (Fsp3) is 0.364. The predicted molar refractivity (Wildman–Crippen MR) is 116 cm³/mol. The van der Waals surface area contributed by atoms with Crippen LogP contribution in [0, 0.1) is 6.92 Å². The minimum atomic E-state index is -3.57.